The van der Waals surface area contributed by atoms with E-state index < -0.39 is 34.1 Å². The van der Waals surface area contributed by atoms with Crippen LogP contribution in [0.25, 0.3) is 10.9 Å². The first-order chi connectivity index (χ1) is 22.3. The van der Waals surface area contributed by atoms with Crippen LogP contribution in [0.5, 0.6) is 5.75 Å². The van der Waals surface area contributed by atoms with Gasteiger partial charge < -0.3 is 19.9 Å². The normalized spacial score (nSPS) is 19.1. The Kier molecular flexibility index (Phi) is 8.72. The first kappa shape index (κ1) is 32.1. The first-order valence-corrected chi connectivity index (χ1v) is 15.1. The number of rotatable bonds is 7. The second kappa shape index (κ2) is 12.8. The van der Waals surface area contributed by atoms with Gasteiger partial charge in [-0.1, -0.05) is 0 Å². The highest BCUT2D eigenvalue weighted by Gasteiger charge is 2.38. The van der Waals surface area contributed by atoms with Crippen LogP contribution in [0, 0.1) is 10.1 Å². The van der Waals surface area contributed by atoms with Crippen molar-refractivity contribution in [1.82, 2.24) is 9.97 Å². The Morgan fingerprint density at radius 3 is 2.17 bits per heavy atom. The molecule has 0 unspecified atom stereocenters. The third-order valence-corrected chi connectivity index (χ3v) is 8.49. The fourth-order valence-electron chi connectivity index (χ4n) is 6.04. The number of hydrogen-bond donors (Lipinski definition) is 1. The van der Waals surface area contributed by atoms with E-state index in [0.29, 0.717) is 74.3 Å². The summed E-state index contributed by atoms with van der Waals surface area (Å²) >= 11 is 0. The molecule has 0 spiro atoms. The van der Waals surface area contributed by atoms with E-state index in [2.05, 4.69) is 25.1 Å². The number of nitro groups is 1. The van der Waals surface area contributed by atoms with Gasteiger partial charge in [-0.05, 0) is 74.2 Å². The van der Waals surface area contributed by atoms with Gasteiger partial charge in [-0.25, -0.2) is 9.97 Å². The van der Waals surface area contributed by atoms with Crippen molar-refractivity contribution in [2.45, 2.75) is 50.2 Å². The van der Waals surface area contributed by atoms with Crippen LogP contribution in [0.15, 0.2) is 66.9 Å². The maximum Gasteiger partial charge on any atom is 0.423 e. The van der Waals surface area contributed by atoms with Crippen LogP contribution in [0.1, 0.15) is 36.8 Å². The molecule has 47 heavy (non-hydrogen) atoms. The van der Waals surface area contributed by atoms with Gasteiger partial charge in [0.1, 0.15) is 22.9 Å². The molecule has 0 radical (unpaired) electrons. The lowest BCUT2D eigenvalue weighted by atomic mass is 9.92. The average Bonchev–Trinajstić information content (AvgIpc) is 3.04. The minimum atomic E-state index is -4.84. The molecule has 3 heterocycles. The molecule has 9 nitrogen and oxygen atoms in total. The van der Waals surface area contributed by atoms with Gasteiger partial charge in [0.25, 0.3) is 5.69 Å². The fraction of sp³-hybridized carbons (Fsp3) is 0.375. The number of anilines is 3. The molecule has 2 fully saturated rings. The summed E-state index contributed by atoms with van der Waals surface area (Å²) in [4.78, 5) is 23.3. The molecule has 0 atom stereocenters. The molecule has 1 N–H and O–H groups in total. The third kappa shape index (κ3) is 7.44. The summed E-state index contributed by atoms with van der Waals surface area (Å²) in [6.45, 7) is 2.58. The lowest BCUT2D eigenvalue weighted by molar-refractivity contribution is -0.388. The number of pyridine rings is 2. The number of hydrogen-bond acceptors (Lipinski definition) is 8. The predicted octanol–water partition coefficient (Wildman–Crippen LogP) is 7.70. The predicted molar refractivity (Wildman–Crippen MR) is 164 cm³/mol. The lowest BCUT2D eigenvalue weighted by Crippen LogP contribution is -2.47. The topological polar surface area (TPSA) is 96.7 Å². The number of piperazine rings is 1. The van der Waals surface area contributed by atoms with Crippen molar-refractivity contribution in [2.24, 2.45) is 0 Å². The van der Waals surface area contributed by atoms with Crippen molar-refractivity contribution < 1.29 is 36.0 Å². The van der Waals surface area contributed by atoms with Crippen LogP contribution in [0.2, 0.25) is 0 Å². The van der Waals surface area contributed by atoms with Crippen molar-refractivity contribution in [1.29, 1.82) is 0 Å². The summed E-state index contributed by atoms with van der Waals surface area (Å²) in [5.74, 6) is 2.11. The summed E-state index contributed by atoms with van der Waals surface area (Å²) in [5.41, 5.74) is -2.29. The fourth-order valence-corrected chi connectivity index (χ4v) is 6.04. The molecule has 1 aliphatic carbocycles. The van der Waals surface area contributed by atoms with E-state index in [-0.39, 0.29) is 17.8 Å². The van der Waals surface area contributed by atoms with E-state index in [1.807, 2.05) is 6.07 Å². The SMILES string of the molecule is O=[N+]([O-])c1ccc(N[C@H]2CC[C@H](Oc3ccnc(N4CCN(c5ccc6cc(C(F)(F)F)ccc6n5)CC4)c3)CC2)cc1C(F)(F)F. The zero-order chi connectivity index (χ0) is 33.3. The van der Waals surface area contributed by atoms with Crippen molar-refractivity contribution >= 4 is 33.9 Å². The number of nitrogens with zero attached hydrogens (tertiary/aromatic N) is 5. The van der Waals surface area contributed by atoms with Gasteiger partial charge in [0.05, 0.1) is 22.1 Å². The highest BCUT2D eigenvalue weighted by atomic mass is 19.4. The standard InChI is InChI=1S/C32H30F6N6O3/c33-31(34,35)21-2-8-27-20(17-21)1-10-29(41-27)42-13-15-43(16-14-42)30-19-25(11-12-39-30)47-24-6-3-22(4-7-24)40-23-5-9-28(44(45)46)26(18-23)32(36,37)38/h1-2,5,8-12,17-19,22,24,40H,3-4,6-7,13-16H2/t22-,24-. The summed E-state index contributed by atoms with van der Waals surface area (Å²) in [5, 5.41) is 14.5. The van der Waals surface area contributed by atoms with Gasteiger partial charge in [0.2, 0.25) is 0 Å². The van der Waals surface area contributed by atoms with Crippen molar-refractivity contribution in [3.8, 4) is 5.75 Å². The number of benzene rings is 2. The number of nitrogens with one attached hydrogen (secondary N) is 1. The molecule has 2 aliphatic rings. The van der Waals surface area contributed by atoms with Crippen LogP contribution in [-0.2, 0) is 12.4 Å². The molecule has 1 saturated carbocycles. The van der Waals surface area contributed by atoms with E-state index in [4.69, 9.17) is 4.74 Å². The molecule has 2 aromatic carbocycles. The van der Waals surface area contributed by atoms with Crippen molar-refractivity contribution in [3.05, 3.63) is 88.1 Å². The maximum absolute atomic E-state index is 13.4. The highest BCUT2D eigenvalue weighted by molar-refractivity contribution is 5.81. The van der Waals surface area contributed by atoms with Crippen LogP contribution in [-0.4, -0.2) is 53.2 Å². The van der Waals surface area contributed by atoms with Crippen molar-refractivity contribution in [2.75, 3.05) is 41.3 Å². The number of fused-ring (bicyclic) bond motifs is 1. The Labute approximate surface area is 265 Å². The van der Waals surface area contributed by atoms with Crippen LogP contribution >= 0.6 is 0 Å². The molecule has 6 rings (SSSR count). The molecular formula is C32H30F6N6O3. The third-order valence-electron chi connectivity index (χ3n) is 8.49. The molecule has 0 bridgehead atoms. The highest BCUT2D eigenvalue weighted by Crippen LogP contribution is 2.38. The first-order valence-electron chi connectivity index (χ1n) is 15.1. The number of nitro benzene ring substituents is 1. The van der Waals surface area contributed by atoms with Gasteiger partial charge in [0.15, 0.2) is 0 Å². The average molecular weight is 661 g/mol. The molecule has 0 amide bonds. The molecule has 15 heteroatoms. The van der Waals surface area contributed by atoms with E-state index in [9.17, 15) is 36.5 Å². The van der Waals surface area contributed by atoms with E-state index in [1.165, 1.54) is 12.1 Å². The largest absolute Gasteiger partial charge is 0.490 e. The summed E-state index contributed by atoms with van der Waals surface area (Å²) in [6, 6.07) is 13.4. The lowest BCUT2D eigenvalue weighted by Gasteiger charge is -2.36. The number of ether oxygens (including phenoxy) is 1. The van der Waals surface area contributed by atoms with Crippen LogP contribution in [0.3, 0.4) is 0 Å². The Bertz CT molecular complexity index is 1750. The smallest absolute Gasteiger partial charge is 0.423 e. The Morgan fingerprint density at radius 2 is 1.51 bits per heavy atom. The Morgan fingerprint density at radius 1 is 0.809 bits per heavy atom. The quantitative estimate of drug-likeness (QED) is 0.122. The summed E-state index contributed by atoms with van der Waals surface area (Å²) < 4.78 is 85.5. The summed E-state index contributed by atoms with van der Waals surface area (Å²) in [6.07, 6.45) is -5.03. The second-order valence-corrected chi connectivity index (χ2v) is 11.6. The van der Waals surface area contributed by atoms with E-state index >= 15 is 0 Å². The van der Waals surface area contributed by atoms with Gasteiger partial charge in [-0.3, -0.25) is 10.1 Å². The van der Waals surface area contributed by atoms with Crippen LogP contribution in [0.4, 0.5) is 49.4 Å². The monoisotopic (exact) mass is 660 g/mol. The maximum atomic E-state index is 13.4. The Balaban J connectivity index is 1.01. The number of alkyl halides is 6. The van der Waals surface area contributed by atoms with E-state index in [0.717, 1.165) is 30.1 Å². The Hall–Kier alpha value is -4.82. The van der Waals surface area contributed by atoms with Gasteiger partial charge in [0, 0.05) is 61.6 Å². The molecule has 4 aromatic rings. The molecule has 1 aliphatic heterocycles. The van der Waals surface area contributed by atoms with Crippen LogP contribution < -0.4 is 19.9 Å². The molecule has 1 saturated heterocycles. The minimum Gasteiger partial charge on any atom is -0.490 e. The zero-order valence-corrected chi connectivity index (χ0v) is 24.9. The number of aromatic nitrogens is 2. The minimum absolute atomic E-state index is 0.0890. The molecular weight excluding hydrogens is 630 g/mol. The van der Waals surface area contributed by atoms with Gasteiger partial charge in [-0.15, -0.1) is 0 Å². The molecule has 2 aromatic heterocycles. The van der Waals surface area contributed by atoms with Gasteiger partial charge in [-0.2, -0.15) is 26.3 Å². The number of halogens is 6. The molecule has 248 valence electrons. The zero-order valence-electron chi connectivity index (χ0n) is 24.9. The second-order valence-electron chi connectivity index (χ2n) is 11.6. The van der Waals surface area contributed by atoms with Crippen molar-refractivity contribution in [3.63, 3.8) is 0 Å². The summed E-state index contributed by atoms with van der Waals surface area (Å²) in [7, 11) is 0. The van der Waals surface area contributed by atoms with E-state index in [1.54, 1.807) is 24.4 Å². The van der Waals surface area contributed by atoms with Gasteiger partial charge >= 0.3 is 12.4 Å².